The number of fused-ring (bicyclic) bond motifs is 7. The Morgan fingerprint density at radius 1 is 0.923 bits per heavy atom. The lowest BCUT2D eigenvalue weighted by molar-refractivity contribution is -0.218. The van der Waals surface area contributed by atoms with E-state index in [1.807, 2.05) is 27.7 Å². The van der Waals surface area contributed by atoms with E-state index >= 15 is 0 Å². The van der Waals surface area contributed by atoms with E-state index in [1.165, 1.54) is 24.8 Å². The van der Waals surface area contributed by atoms with Crippen LogP contribution in [0.15, 0.2) is 24.0 Å². The average Bonchev–Trinajstić information content (AvgIpc) is 3.17. The van der Waals surface area contributed by atoms with Gasteiger partial charge in [0, 0.05) is 11.0 Å². The summed E-state index contributed by atoms with van der Waals surface area (Å²) in [6, 6.07) is 0. The molecule has 0 heterocycles. The van der Waals surface area contributed by atoms with Crippen LogP contribution in [-0.2, 0) is 14.3 Å². The predicted molar refractivity (Wildman–Crippen MR) is 150 cm³/mol. The molecule has 0 aromatic carbocycles. The molecule has 2 N–H and O–H groups in total. The molecule has 0 aliphatic heterocycles. The number of allylic oxidation sites excluding steroid dienone is 3. The van der Waals surface area contributed by atoms with Gasteiger partial charge >= 0.3 is 15.6 Å². The Hall–Kier alpha value is -1.02. The van der Waals surface area contributed by atoms with E-state index in [2.05, 4.69) is 27.4 Å². The van der Waals surface area contributed by atoms with Gasteiger partial charge in [0.2, 0.25) is 0 Å². The minimum atomic E-state index is -5.68. The van der Waals surface area contributed by atoms with E-state index in [9.17, 15) is 21.6 Å². The average molecular weight is 574 g/mol. The van der Waals surface area contributed by atoms with Crippen molar-refractivity contribution in [3.05, 3.63) is 24.0 Å². The highest BCUT2D eigenvalue weighted by Gasteiger charge is 2.69. The highest BCUT2D eigenvalue weighted by Crippen LogP contribution is 2.75. The predicted octanol–water partition coefficient (Wildman–Crippen LogP) is 8.50. The summed E-state index contributed by atoms with van der Waals surface area (Å²) >= 11 is 0. The van der Waals surface area contributed by atoms with Crippen molar-refractivity contribution in [2.45, 2.75) is 124 Å². The van der Waals surface area contributed by atoms with Crippen LogP contribution in [0.4, 0.5) is 13.2 Å². The highest BCUT2D eigenvalue weighted by molar-refractivity contribution is 7.87. The van der Waals surface area contributed by atoms with Gasteiger partial charge in [0.1, 0.15) is 5.76 Å². The molecule has 8 atom stereocenters. The number of rotatable bonds is 2. The molecule has 0 spiro atoms. The Labute approximate surface area is 234 Å². The van der Waals surface area contributed by atoms with Crippen LogP contribution in [0.2, 0.25) is 0 Å². The van der Waals surface area contributed by atoms with Crippen molar-refractivity contribution in [2.75, 3.05) is 0 Å². The monoisotopic (exact) mass is 573 g/mol. The number of hydrogen-bond acceptors (Lipinski definition) is 4. The molecule has 0 amide bonds. The van der Waals surface area contributed by atoms with Gasteiger partial charge in [-0.3, -0.25) is 0 Å². The van der Waals surface area contributed by atoms with Gasteiger partial charge in [-0.25, -0.2) is 0 Å². The molecule has 5 aliphatic carbocycles. The molecular formula is C31H50F3NO3S. The number of halogens is 3. The number of nitrogens with two attached hydrogens (primary N) is 1. The van der Waals surface area contributed by atoms with Crippen LogP contribution in [-0.4, -0.2) is 19.5 Å². The van der Waals surface area contributed by atoms with Gasteiger partial charge in [0.25, 0.3) is 0 Å². The minimum absolute atomic E-state index is 0.000258. The van der Waals surface area contributed by atoms with Crippen molar-refractivity contribution >= 4 is 10.1 Å². The first-order valence-electron chi connectivity index (χ1n) is 14.8. The lowest BCUT2D eigenvalue weighted by Gasteiger charge is -2.71. The van der Waals surface area contributed by atoms with Crippen LogP contribution in [0.1, 0.15) is 113 Å². The molecule has 8 heteroatoms. The van der Waals surface area contributed by atoms with E-state index < -0.39 is 21.0 Å². The van der Waals surface area contributed by atoms with Crippen molar-refractivity contribution < 1.29 is 25.8 Å². The van der Waals surface area contributed by atoms with Crippen LogP contribution in [0, 0.1) is 45.3 Å². The van der Waals surface area contributed by atoms with Crippen LogP contribution in [0.5, 0.6) is 0 Å². The Kier molecular flexibility index (Phi) is 7.54. The fourth-order valence-electron chi connectivity index (χ4n) is 10.5. The molecule has 39 heavy (non-hydrogen) atoms. The van der Waals surface area contributed by atoms with Crippen molar-refractivity contribution in [1.29, 1.82) is 0 Å². The molecule has 0 aromatic heterocycles. The Morgan fingerprint density at radius 3 is 2.13 bits per heavy atom. The quantitative estimate of drug-likeness (QED) is 0.204. The summed E-state index contributed by atoms with van der Waals surface area (Å²) < 4.78 is 67.7. The molecule has 4 nitrogen and oxygen atoms in total. The summed E-state index contributed by atoms with van der Waals surface area (Å²) in [5.41, 5.74) is 2.11. The number of alkyl halides is 3. The maximum Gasteiger partial charge on any atom is 0.534 e. The lowest BCUT2D eigenvalue weighted by Crippen LogP contribution is -2.66. The standard InChI is InChI=1S/C27H42F3NO3S.C4H8/c1-22(2)19-10-14-25(5)20(23(19,3)13-11-21(22)34-35(32,33)27(28,29)30)9-8-17-18-7-6-12-26(18,31)16-15-24(17,25)4;1-4(2)3/h11,17-20H,6-10,12-16,31H2,1-5H3;1H2,2-3H3/t17?,18-,19?,20?,23?,24-,25?,26?;/m1./s1. The summed E-state index contributed by atoms with van der Waals surface area (Å²) in [6.45, 7) is 18.5. The summed E-state index contributed by atoms with van der Waals surface area (Å²) in [6.07, 6.45) is 12.2. The minimum Gasteiger partial charge on any atom is -0.380 e. The van der Waals surface area contributed by atoms with Gasteiger partial charge < -0.3 is 9.92 Å². The zero-order chi connectivity index (χ0) is 29.4. The second-order valence-electron chi connectivity index (χ2n) is 15.1. The maximum absolute atomic E-state index is 13.1. The van der Waals surface area contributed by atoms with E-state index in [0.29, 0.717) is 24.2 Å². The smallest absolute Gasteiger partial charge is 0.380 e. The second kappa shape index (κ2) is 9.50. The van der Waals surface area contributed by atoms with Gasteiger partial charge in [-0.1, -0.05) is 46.6 Å². The topological polar surface area (TPSA) is 69.4 Å². The first kappa shape index (κ1) is 30.9. The van der Waals surface area contributed by atoms with Crippen molar-refractivity contribution in [3.63, 3.8) is 0 Å². The van der Waals surface area contributed by atoms with Gasteiger partial charge in [-0.2, -0.15) is 21.6 Å². The third kappa shape index (κ3) is 4.62. The molecule has 0 bridgehead atoms. The molecule has 6 unspecified atom stereocenters. The van der Waals surface area contributed by atoms with Crippen LogP contribution in [0.25, 0.3) is 0 Å². The molecular weight excluding hydrogens is 523 g/mol. The SMILES string of the molecule is C=C(C)C.CC1(C)C(OS(=O)(=O)C(F)(F)F)=CCC2(C)C1CCC1(C)C2CCC2[C@H]3CCCC3(N)CC[C@]21C. The van der Waals surface area contributed by atoms with Crippen LogP contribution >= 0.6 is 0 Å². The zero-order valence-corrected chi connectivity index (χ0v) is 25.8. The normalized spacial score (nSPS) is 44.8. The van der Waals surface area contributed by atoms with Gasteiger partial charge in [0.15, 0.2) is 0 Å². The van der Waals surface area contributed by atoms with Crippen LogP contribution in [0.3, 0.4) is 0 Å². The third-order valence-electron chi connectivity index (χ3n) is 12.4. The Balaban J connectivity index is 0.000000826. The van der Waals surface area contributed by atoms with E-state index in [4.69, 9.17) is 9.92 Å². The summed E-state index contributed by atoms with van der Waals surface area (Å²) in [5, 5.41) is 0. The van der Waals surface area contributed by atoms with E-state index in [-0.39, 0.29) is 33.5 Å². The molecule has 4 fully saturated rings. The van der Waals surface area contributed by atoms with E-state index in [1.54, 1.807) is 6.08 Å². The molecule has 0 aromatic rings. The lowest BCUT2D eigenvalue weighted by atomic mass is 9.33. The molecule has 4 saturated carbocycles. The van der Waals surface area contributed by atoms with Gasteiger partial charge in [0.05, 0.1) is 0 Å². The molecule has 0 radical (unpaired) electrons. The second-order valence-corrected chi connectivity index (χ2v) is 16.6. The van der Waals surface area contributed by atoms with Crippen LogP contribution < -0.4 is 5.73 Å². The van der Waals surface area contributed by atoms with Crippen molar-refractivity contribution in [2.24, 2.45) is 51.1 Å². The summed E-state index contributed by atoms with van der Waals surface area (Å²) in [5.74, 6) is 1.67. The number of hydrogen-bond donors (Lipinski definition) is 1. The molecule has 5 aliphatic rings. The molecule has 224 valence electrons. The summed E-state index contributed by atoms with van der Waals surface area (Å²) in [7, 11) is -5.68. The maximum atomic E-state index is 13.1. The van der Waals surface area contributed by atoms with Crippen molar-refractivity contribution in [3.8, 4) is 0 Å². The zero-order valence-electron chi connectivity index (χ0n) is 25.0. The van der Waals surface area contributed by atoms with Gasteiger partial charge in [-0.05, 0) is 118 Å². The summed E-state index contributed by atoms with van der Waals surface area (Å²) in [4.78, 5) is 0. The largest absolute Gasteiger partial charge is 0.534 e. The van der Waals surface area contributed by atoms with E-state index in [0.717, 1.165) is 38.5 Å². The third-order valence-corrected chi connectivity index (χ3v) is 13.4. The first-order valence-corrected chi connectivity index (χ1v) is 16.2. The fourth-order valence-corrected chi connectivity index (χ4v) is 11.1. The highest BCUT2D eigenvalue weighted by atomic mass is 32.2. The Bertz CT molecular complexity index is 1130. The fraction of sp³-hybridized carbons (Fsp3) is 0.871. The van der Waals surface area contributed by atoms with Gasteiger partial charge in [-0.15, -0.1) is 6.58 Å². The molecule has 0 saturated heterocycles. The first-order chi connectivity index (χ1) is 17.7. The Morgan fingerprint density at radius 2 is 1.54 bits per heavy atom. The van der Waals surface area contributed by atoms with Crippen molar-refractivity contribution in [1.82, 2.24) is 0 Å². The molecule has 5 rings (SSSR count).